The quantitative estimate of drug-likeness (QED) is 0.323. The number of nitrogens with zero attached hydrogens (tertiary/aromatic N) is 5. The molecule has 0 saturated carbocycles. The summed E-state index contributed by atoms with van der Waals surface area (Å²) in [5, 5.41) is 12.0. The number of hydrogen-bond donors (Lipinski definition) is 1. The number of morpholine rings is 1. The molecule has 0 amide bonds. The summed E-state index contributed by atoms with van der Waals surface area (Å²) in [6.07, 6.45) is 4.33. The van der Waals surface area contributed by atoms with Crippen molar-refractivity contribution in [1.82, 2.24) is 19.9 Å². The van der Waals surface area contributed by atoms with Crippen LogP contribution >= 0.6 is 0 Å². The fraction of sp³-hybridized carbons (Fsp3) is 0.469. The maximum atomic E-state index is 16.7. The normalized spacial score (nSPS) is 26.7. The number of aryl methyl sites for hydroxylation is 1. The van der Waals surface area contributed by atoms with Gasteiger partial charge in [0.25, 0.3) is 0 Å². The van der Waals surface area contributed by atoms with Crippen molar-refractivity contribution in [3.8, 4) is 23.0 Å². The summed E-state index contributed by atoms with van der Waals surface area (Å²) in [6, 6.07) is 5.88. The summed E-state index contributed by atoms with van der Waals surface area (Å²) < 4.78 is 58.0. The van der Waals surface area contributed by atoms with Crippen molar-refractivity contribution in [2.24, 2.45) is 0 Å². The van der Waals surface area contributed by atoms with E-state index >= 15 is 4.39 Å². The van der Waals surface area contributed by atoms with Gasteiger partial charge in [-0.05, 0) is 60.3 Å². The molecule has 5 aliphatic heterocycles. The zero-order valence-electron chi connectivity index (χ0n) is 23.8. The van der Waals surface area contributed by atoms with Crippen LogP contribution in [-0.2, 0) is 11.2 Å². The number of phenols is 1. The van der Waals surface area contributed by atoms with Crippen molar-refractivity contribution >= 4 is 27.5 Å². The van der Waals surface area contributed by atoms with E-state index in [1.54, 1.807) is 6.07 Å². The van der Waals surface area contributed by atoms with E-state index in [4.69, 9.17) is 14.5 Å². The van der Waals surface area contributed by atoms with E-state index in [1.807, 2.05) is 6.92 Å². The van der Waals surface area contributed by atoms with Gasteiger partial charge in [0, 0.05) is 44.2 Å². The highest BCUT2D eigenvalue weighted by Crippen LogP contribution is 2.42. The largest absolute Gasteiger partial charge is 0.508 e. The van der Waals surface area contributed by atoms with Crippen LogP contribution < -0.4 is 9.64 Å². The molecule has 5 saturated heterocycles. The van der Waals surface area contributed by atoms with Crippen molar-refractivity contribution < 1.29 is 27.8 Å². The minimum atomic E-state index is -0.905. The van der Waals surface area contributed by atoms with Gasteiger partial charge in [-0.2, -0.15) is 9.97 Å². The van der Waals surface area contributed by atoms with Crippen molar-refractivity contribution in [3.05, 3.63) is 47.7 Å². The Bertz CT molecular complexity index is 1760. The number of halogens is 3. The van der Waals surface area contributed by atoms with Crippen LogP contribution in [0.4, 0.5) is 19.0 Å². The van der Waals surface area contributed by atoms with Crippen LogP contribution in [0.2, 0.25) is 0 Å². The Labute approximate surface area is 246 Å². The minimum Gasteiger partial charge on any atom is -0.508 e. The Morgan fingerprint density at radius 1 is 1.14 bits per heavy atom. The van der Waals surface area contributed by atoms with Gasteiger partial charge in [-0.1, -0.05) is 13.0 Å². The number of anilines is 1. The number of pyridine rings is 1. The SMILES string of the molecule is CCc1c(F)ccc2cc(O)cc(-c3ncc4c(N5C[C@H]6C[C@@H](C5)O6)nc(OC[C@@]56CCCN5C[C@H](F)C6)nc4c3F)c12. The molecule has 4 aromatic rings. The zero-order valence-corrected chi connectivity index (χ0v) is 23.8. The average Bonchev–Trinajstić information content (AvgIpc) is 3.51. The van der Waals surface area contributed by atoms with Crippen LogP contribution in [0.15, 0.2) is 30.5 Å². The van der Waals surface area contributed by atoms with Crippen LogP contribution in [0.25, 0.3) is 32.9 Å². The minimum absolute atomic E-state index is 0.0170. The van der Waals surface area contributed by atoms with Crippen molar-refractivity contribution in [2.75, 3.05) is 37.7 Å². The highest BCUT2D eigenvalue weighted by molar-refractivity contribution is 6.01. The average molecular weight is 592 g/mol. The number of fused-ring (bicyclic) bond motifs is 5. The van der Waals surface area contributed by atoms with E-state index in [0.717, 1.165) is 25.8 Å². The molecule has 0 radical (unpaired) electrons. The van der Waals surface area contributed by atoms with E-state index in [1.165, 1.54) is 24.4 Å². The van der Waals surface area contributed by atoms with Gasteiger partial charge in [-0.15, -0.1) is 0 Å². The smallest absolute Gasteiger partial charge is 0.319 e. The summed E-state index contributed by atoms with van der Waals surface area (Å²) in [5.74, 6) is -0.696. The summed E-state index contributed by atoms with van der Waals surface area (Å²) >= 11 is 0. The number of hydrogen-bond acceptors (Lipinski definition) is 8. The fourth-order valence-corrected chi connectivity index (χ4v) is 7.72. The molecule has 0 spiro atoms. The molecule has 5 aliphatic rings. The molecule has 11 heteroatoms. The predicted octanol–water partition coefficient (Wildman–Crippen LogP) is 5.32. The molecule has 5 fully saturated rings. The summed E-state index contributed by atoms with van der Waals surface area (Å²) in [7, 11) is 0. The van der Waals surface area contributed by atoms with Gasteiger partial charge >= 0.3 is 6.01 Å². The molecule has 2 bridgehead atoms. The third kappa shape index (κ3) is 4.30. The topological polar surface area (TPSA) is 83.8 Å². The lowest BCUT2D eigenvalue weighted by Gasteiger charge is -2.47. The Kier molecular flexibility index (Phi) is 6.20. The van der Waals surface area contributed by atoms with Crippen LogP contribution in [0.1, 0.15) is 38.2 Å². The Morgan fingerprint density at radius 2 is 1.95 bits per heavy atom. The zero-order chi connectivity index (χ0) is 29.5. The summed E-state index contributed by atoms with van der Waals surface area (Å²) in [5.41, 5.74) is 0.248. The third-order valence-electron chi connectivity index (χ3n) is 9.69. The summed E-state index contributed by atoms with van der Waals surface area (Å²) in [6.45, 7) is 4.46. The Hall–Kier alpha value is -3.70. The number of alkyl halides is 1. The van der Waals surface area contributed by atoms with Crippen LogP contribution in [0, 0.1) is 11.6 Å². The monoisotopic (exact) mass is 591 g/mol. The lowest BCUT2D eigenvalue weighted by atomic mass is 9.94. The molecule has 0 unspecified atom stereocenters. The van der Waals surface area contributed by atoms with Gasteiger partial charge in [0.05, 0.1) is 23.1 Å². The molecule has 2 aromatic heterocycles. The van der Waals surface area contributed by atoms with E-state index in [-0.39, 0.29) is 47.3 Å². The van der Waals surface area contributed by atoms with Gasteiger partial charge in [-0.25, -0.2) is 13.2 Å². The van der Waals surface area contributed by atoms with Gasteiger partial charge < -0.3 is 19.5 Å². The number of phenolic OH excluding ortho intramolecular Hbond substituents is 1. The van der Waals surface area contributed by atoms with Gasteiger partial charge in [-0.3, -0.25) is 9.88 Å². The molecule has 0 aliphatic carbocycles. The van der Waals surface area contributed by atoms with Crippen LogP contribution in [0.5, 0.6) is 11.8 Å². The number of aromatic hydroxyl groups is 1. The van der Waals surface area contributed by atoms with E-state index in [0.29, 0.717) is 60.0 Å². The summed E-state index contributed by atoms with van der Waals surface area (Å²) in [4.78, 5) is 18.0. The Balaban J connectivity index is 1.27. The molecule has 2 aromatic carbocycles. The molecule has 43 heavy (non-hydrogen) atoms. The second-order valence-electron chi connectivity index (χ2n) is 12.4. The lowest BCUT2D eigenvalue weighted by Crippen LogP contribution is -2.57. The van der Waals surface area contributed by atoms with Gasteiger partial charge in [0.15, 0.2) is 5.82 Å². The second kappa shape index (κ2) is 9.92. The molecular formula is C32H32F3N5O3. The van der Waals surface area contributed by atoms with Crippen LogP contribution in [0.3, 0.4) is 0 Å². The fourth-order valence-electron chi connectivity index (χ4n) is 7.72. The molecule has 8 nitrogen and oxygen atoms in total. The van der Waals surface area contributed by atoms with Crippen molar-refractivity contribution in [1.29, 1.82) is 0 Å². The predicted molar refractivity (Wildman–Crippen MR) is 155 cm³/mol. The van der Waals surface area contributed by atoms with E-state index < -0.39 is 23.3 Å². The first-order valence-electron chi connectivity index (χ1n) is 15.0. The molecule has 224 valence electrons. The number of rotatable bonds is 6. The number of benzene rings is 2. The van der Waals surface area contributed by atoms with E-state index in [2.05, 4.69) is 19.8 Å². The Morgan fingerprint density at radius 3 is 2.74 bits per heavy atom. The standard InChI is InChI=1S/C32H32F3N5O3/c1-2-22-25(34)5-4-17-8-19(41)9-23(26(17)22)28-27(35)29-24(12-36-28)30(39-14-20-10-21(15-39)43-20)38-31(37-29)42-16-32-6-3-7-40(32)13-18(33)11-32/h4-5,8-9,12,18,20-21,41H,2-3,6-7,10-11,13-16H2,1H3/t18-,20-,21+,32+/m1/s1. The van der Waals surface area contributed by atoms with Crippen molar-refractivity contribution in [2.45, 2.75) is 62.9 Å². The van der Waals surface area contributed by atoms with Crippen molar-refractivity contribution in [3.63, 3.8) is 0 Å². The first-order valence-corrected chi connectivity index (χ1v) is 15.0. The third-order valence-corrected chi connectivity index (χ3v) is 9.69. The van der Waals surface area contributed by atoms with E-state index in [9.17, 15) is 13.9 Å². The second-order valence-corrected chi connectivity index (χ2v) is 12.4. The highest BCUT2D eigenvalue weighted by Gasteiger charge is 2.49. The molecule has 7 heterocycles. The molecule has 4 atom stereocenters. The molecule has 9 rings (SSSR count). The molecule has 1 N–H and O–H groups in total. The number of piperidine rings is 1. The van der Waals surface area contributed by atoms with Crippen LogP contribution in [-0.4, -0.2) is 81.7 Å². The maximum Gasteiger partial charge on any atom is 0.319 e. The number of aromatic nitrogens is 3. The lowest BCUT2D eigenvalue weighted by molar-refractivity contribution is -0.133. The number of ether oxygens (including phenoxy) is 2. The van der Waals surface area contributed by atoms with Gasteiger partial charge in [0.1, 0.15) is 41.4 Å². The maximum absolute atomic E-state index is 16.7. The first-order chi connectivity index (χ1) is 20.8. The first kappa shape index (κ1) is 26.9. The molecular weight excluding hydrogens is 559 g/mol. The van der Waals surface area contributed by atoms with Gasteiger partial charge in [0.2, 0.25) is 0 Å². The highest BCUT2D eigenvalue weighted by atomic mass is 19.1.